The highest BCUT2D eigenvalue weighted by Gasteiger charge is 2.22. The van der Waals surface area contributed by atoms with Gasteiger partial charge in [-0.25, -0.2) is 0 Å². The Morgan fingerprint density at radius 2 is 2.05 bits per heavy atom. The minimum atomic E-state index is -0.0563. The van der Waals surface area contributed by atoms with Gasteiger partial charge in [-0.2, -0.15) is 0 Å². The zero-order chi connectivity index (χ0) is 15.2. The summed E-state index contributed by atoms with van der Waals surface area (Å²) in [6, 6.07) is 8.90. The Morgan fingerprint density at radius 3 is 2.67 bits per heavy atom. The van der Waals surface area contributed by atoms with Crippen LogP contribution in [0.1, 0.15) is 45.1 Å². The molecule has 0 aliphatic carbocycles. The Bertz CT molecular complexity index is 537. The molecule has 0 radical (unpaired) electrons. The topological polar surface area (TPSA) is 32.3 Å². The standard InChI is InChI=1S/C18H24N2O/c1-4-6-18(21)20-12-5-7-17(13-20)19-16-10-8-15(9-11-16)14(2)3/h8-11,14,17,19H,5,7,12-13H2,1-3H3. The van der Waals surface area contributed by atoms with Crippen molar-refractivity contribution in [1.29, 1.82) is 0 Å². The molecular formula is C18H24N2O. The molecule has 1 N–H and O–H groups in total. The van der Waals surface area contributed by atoms with Gasteiger partial charge >= 0.3 is 0 Å². The maximum Gasteiger partial charge on any atom is 0.298 e. The van der Waals surface area contributed by atoms with Gasteiger partial charge in [0.2, 0.25) is 0 Å². The van der Waals surface area contributed by atoms with E-state index >= 15 is 0 Å². The van der Waals surface area contributed by atoms with Crippen molar-refractivity contribution >= 4 is 11.6 Å². The third-order valence-electron chi connectivity index (χ3n) is 3.89. The van der Waals surface area contributed by atoms with Crippen molar-refractivity contribution in [1.82, 2.24) is 4.90 Å². The second-order valence-corrected chi connectivity index (χ2v) is 5.89. The van der Waals surface area contributed by atoms with Crippen molar-refractivity contribution in [3.8, 4) is 11.8 Å². The van der Waals surface area contributed by atoms with Crippen LogP contribution in [0.25, 0.3) is 0 Å². The first-order valence-corrected chi connectivity index (χ1v) is 7.68. The van der Waals surface area contributed by atoms with Crippen molar-refractivity contribution in [2.45, 2.75) is 45.6 Å². The largest absolute Gasteiger partial charge is 0.381 e. The highest BCUT2D eigenvalue weighted by Crippen LogP contribution is 2.20. The monoisotopic (exact) mass is 284 g/mol. The fourth-order valence-corrected chi connectivity index (χ4v) is 2.67. The molecule has 1 aliphatic heterocycles. The summed E-state index contributed by atoms with van der Waals surface area (Å²) in [5.74, 6) is 5.81. The van der Waals surface area contributed by atoms with Crippen LogP contribution in [0.3, 0.4) is 0 Å². The van der Waals surface area contributed by atoms with Crippen LogP contribution in [0.5, 0.6) is 0 Å². The van der Waals surface area contributed by atoms with Gasteiger partial charge in [-0.05, 0) is 49.3 Å². The quantitative estimate of drug-likeness (QED) is 0.864. The van der Waals surface area contributed by atoms with Gasteiger partial charge in [-0.3, -0.25) is 4.79 Å². The van der Waals surface area contributed by atoms with Crippen molar-refractivity contribution in [2.75, 3.05) is 18.4 Å². The van der Waals surface area contributed by atoms with Crippen LogP contribution in [-0.2, 0) is 4.79 Å². The Hall–Kier alpha value is -1.95. The Balaban J connectivity index is 1.95. The first-order valence-electron chi connectivity index (χ1n) is 7.68. The zero-order valence-corrected chi connectivity index (χ0v) is 13.1. The molecule has 112 valence electrons. The number of nitrogens with zero attached hydrogens (tertiary/aromatic N) is 1. The number of hydrogen-bond donors (Lipinski definition) is 1. The number of nitrogens with one attached hydrogen (secondary N) is 1. The molecule has 1 fully saturated rings. The normalized spacial score (nSPS) is 18.1. The molecule has 1 aromatic rings. The van der Waals surface area contributed by atoms with E-state index in [4.69, 9.17) is 0 Å². The summed E-state index contributed by atoms with van der Waals surface area (Å²) in [5, 5.41) is 3.53. The number of benzene rings is 1. The molecule has 21 heavy (non-hydrogen) atoms. The lowest BCUT2D eigenvalue weighted by Crippen LogP contribution is -2.44. The third-order valence-corrected chi connectivity index (χ3v) is 3.89. The van der Waals surface area contributed by atoms with E-state index in [0.717, 1.165) is 31.6 Å². The zero-order valence-electron chi connectivity index (χ0n) is 13.1. The molecule has 1 atom stereocenters. The predicted molar refractivity (Wildman–Crippen MR) is 87.2 cm³/mol. The molecule has 1 amide bonds. The van der Waals surface area contributed by atoms with E-state index in [1.54, 1.807) is 6.92 Å². The van der Waals surface area contributed by atoms with Crippen molar-refractivity contribution in [3.05, 3.63) is 29.8 Å². The van der Waals surface area contributed by atoms with Crippen LogP contribution < -0.4 is 5.32 Å². The molecule has 1 aliphatic rings. The van der Waals surface area contributed by atoms with Crippen LogP contribution >= 0.6 is 0 Å². The molecule has 3 heteroatoms. The molecule has 0 aromatic heterocycles. The molecule has 3 nitrogen and oxygen atoms in total. The second kappa shape index (κ2) is 7.17. The van der Waals surface area contributed by atoms with Crippen LogP contribution in [-0.4, -0.2) is 29.9 Å². The highest BCUT2D eigenvalue weighted by atomic mass is 16.2. The van der Waals surface area contributed by atoms with Crippen molar-refractivity contribution < 1.29 is 4.79 Å². The summed E-state index contributed by atoms with van der Waals surface area (Å²) in [4.78, 5) is 13.7. The summed E-state index contributed by atoms with van der Waals surface area (Å²) in [6.07, 6.45) is 2.12. The van der Waals surface area contributed by atoms with Gasteiger partial charge in [0.25, 0.3) is 5.91 Å². The summed E-state index contributed by atoms with van der Waals surface area (Å²) >= 11 is 0. The molecule has 0 bridgehead atoms. The minimum Gasteiger partial charge on any atom is -0.381 e. The molecule has 2 rings (SSSR count). The Morgan fingerprint density at radius 1 is 1.33 bits per heavy atom. The Kier molecular flexibility index (Phi) is 5.27. The Labute approximate surface area is 127 Å². The molecule has 1 saturated heterocycles. The lowest BCUT2D eigenvalue weighted by Gasteiger charge is -2.32. The smallest absolute Gasteiger partial charge is 0.298 e. The fourth-order valence-electron chi connectivity index (χ4n) is 2.67. The molecular weight excluding hydrogens is 260 g/mol. The number of carbonyl (C=O) groups is 1. The highest BCUT2D eigenvalue weighted by molar-refractivity contribution is 5.93. The molecule has 0 saturated carbocycles. The lowest BCUT2D eigenvalue weighted by molar-refractivity contribution is -0.126. The average molecular weight is 284 g/mol. The van der Waals surface area contributed by atoms with Crippen molar-refractivity contribution in [2.24, 2.45) is 0 Å². The van der Waals surface area contributed by atoms with Gasteiger partial charge in [0.1, 0.15) is 0 Å². The van der Waals surface area contributed by atoms with E-state index in [2.05, 4.69) is 55.3 Å². The van der Waals surface area contributed by atoms with E-state index in [0.29, 0.717) is 12.0 Å². The lowest BCUT2D eigenvalue weighted by atomic mass is 10.0. The van der Waals surface area contributed by atoms with Gasteiger partial charge in [0.05, 0.1) is 0 Å². The number of carbonyl (C=O) groups excluding carboxylic acids is 1. The SMILES string of the molecule is CC#CC(=O)N1CCCC(Nc2ccc(C(C)C)cc2)C1. The minimum absolute atomic E-state index is 0.0563. The van der Waals surface area contributed by atoms with E-state index in [9.17, 15) is 4.79 Å². The number of amides is 1. The fraction of sp³-hybridized carbons (Fsp3) is 0.500. The van der Waals surface area contributed by atoms with Crippen LogP contribution in [0.15, 0.2) is 24.3 Å². The second-order valence-electron chi connectivity index (χ2n) is 5.89. The van der Waals surface area contributed by atoms with Gasteiger partial charge in [-0.15, -0.1) is 0 Å². The first kappa shape index (κ1) is 15.4. The van der Waals surface area contributed by atoms with E-state index < -0.39 is 0 Å². The van der Waals surface area contributed by atoms with Crippen molar-refractivity contribution in [3.63, 3.8) is 0 Å². The molecule has 1 aromatic carbocycles. The van der Waals surface area contributed by atoms with Crippen LogP contribution in [0.4, 0.5) is 5.69 Å². The van der Waals surface area contributed by atoms with Gasteiger partial charge in [-0.1, -0.05) is 31.9 Å². The molecule has 1 heterocycles. The summed E-state index contributed by atoms with van der Waals surface area (Å²) < 4.78 is 0. The summed E-state index contributed by atoms with van der Waals surface area (Å²) in [6.45, 7) is 7.65. The van der Waals surface area contributed by atoms with Gasteiger partial charge in [0, 0.05) is 24.8 Å². The van der Waals surface area contributed by atoms with E-state index in [-0.39, 0.29) is 5.91 Å². The number of anilines is 1. The summed E-state index contributed by atoms with van der Waals surface area (Å²) in [7, 11) is 0. The average Bonchev–Trinajstić information content (AvgIpc) is 2.48. The van der Waals surface area contributed by atoms with Gasteiger partial charge in [0.15, 0.2) is 0 Å². The predicted octanol–water partition coefficient (Wildman–Crippen LogP) is 3.24. The maximum absolute atomic E-state index is 11.8. The first-order chi connectivity index (χ1) is 10.1. The van der Waals surface area contributed by atoms with E-state index in [1.807, 2.05) is 4.90 Å². The number of rotatable bonds is 3. The van der Waals surface area contributed by atoms with Crippen LogP contribution in [0, 0.1) is 11.8 Å². The number of likely N-dealkylation sites (tertiary alicyclic amines) is 1. The number of hydrogen-bond acceptors (Lipinski definition) is 2. The summed E-state index contributed by atoms with van der Waals surface area (Å²) in [5.41, 5.74) is 2.47. The molecule has 1 unspecified atom stereocenters. The third kappa shape index (κ3) is 4.26. The number of piperidine rings is 1. The van der Waals surface area contributed by atoms with Gasteiger partial charge < -0.3 is 10.2 Å². The maximum atomic E-state index is 11.8. The van der Waals surface area contributed by atoms with Crippen LogP contribution in [0.2, 0.25) is 0 Å². The van der Waals surface area contributed by atoms with E-state index in [1.165, 1.54) is 5.56 Å². The molecule has 0 spiro atoms.